The summed E-state index contributed by atoms with van der Waals surface area (Å²) in [4.78, 5) is 2.67. The summed E-state index contributed by atoms with van der Waals surface area (Å²) in [5.74, 6) is 2.81. The number of nitrogens with two attached hydrogens (primary N) is 1. The molecule has 0 saturated heterocycles. The van der Waals surface area contributed by atoms with Crippen molar-refractivity contribution in [1.82, 2.24) is 4.90 Å². The van der Waals surface area contributed by atoms with Crippen LogP contribution >= 0.6 is 0 Å². The van der Waals surface area contributed by atoms with Crippen molar-refractivity contribution in [3.8, 4) is 0 Å². The lowest BCUT2D eigenvalue weighted by Gasteiger charge is -2.22. The normalized spacial score (nSPS) is 11.4. The van der Waals surface area contributed by atoms with Crippen LogP contribution in [0.3, 0.4) is 0 Å². The van der Waals surface area contributed by atoms with Gasteiger partial charge in [0.1, 0.15) is 11.5 Å². The second-order valence-electron chi connectivity index (χ2n) is 16.9. The van der Waals surface area contributed by atoms with Crippen molar-refractivity contribution in [2.75, 3.05) is 32.8 Å². The Kier molecular flexibility index (Phi) is 42.5. The van der Waals surface area contributed by atoms with Crippen molar-refractivity contribution >= 4 is 0 Å². The molecule has 0 saturated carbocycles. The van der Waals surface area contributed by atoms with E-state index < -0.39 is 0 Å². The molecule has 0 bridgehead atoms. The predicted octanol–water partition coefficient (Wildman–Crippen LogP) is 15.9. The molecular formula is C51H98N2O2. The van der Waals surface area contributed by atoms with Crippen LogP contribution in [-0.2, 0) is 9.47 Å². The van der Waals surface area contributed by atoms with Crippen LogP contribution < -0.4 is 5.73 Å². The van der Waals surface area contributed by atoms with Gasteiger partial charge in [-0.3, -0.25) is 0 Å². The molecule has 2 N–H and O–H groups in total. The molecule has 0 atom stereocenters. The fourth-order valence-electron chi connectivity index (χ4n) is 7.89. The maximum absolute atomic E-state index is 6.59. The van der Waals surface area contributed by atoms with Crippen LogP contribution in [-0.4, -0.2) is 43.8 Å². The van der Waals surface area contributed by atoms with Gasteiger partial charge in [-0.15, -0.1) is 0 Å². The topological polar surface area (TPSA) is 47.7 Å². The van der Waals surface area contributed by atoms with E-state index in [4.69, 9.17) is 15.2 Å². The Morgan fingerprint density at radius 2 is 0.891 bits per heavy atom. The maximum atomic E-state index is 6.59. The average molecular weight is 771 g/mol. The number of hydrogen-bond donors (Lipinski definition) is 1. The summed E-state index contributed by atoms with van der Waals surface area (Å²) in [5.41, 5.74) is 12.2. The van der Waals surface area contributed by atoms with Crippen molar-refractivity contribution in [2.45, 2.75) is 252 Å². The van der Waals surface area contributed by atoms with Crippen LogP contribution in [0, 0.1) is 5.92 Å². The van der Waals surface area contributed by atoms with Crippen LogP contribution in [0.25, 0.3) is 0 Å². The molecule has 0 spiro atoms. The third kappa shape index (κ3) is 36.6. The molecule has 324 valence electrons. The zero-order chi connectivity index (χ0) is 40.3. The van der Waals surface area contributed by atoms with E-state index >= 15 is 0 Å². The highest BCUT2D eigenvalue weighted by Crippen LogP contribution is 2.23. The van der Waals surface area contributed by atoms with Gasteiger partial charge >= 0.3 is 0 Å². The Morgan fingerprint density at radius 1 is 0.473 bits per heavy atom. The molecule has 4 nitrogen and oxygen atoms in total. The van der Waals surface area contributed by atoms with Crippen LogP contribution in [0.2, 0.25) is 0 Å². The van der Waals surface area contributed by atoms with Gasteiger partial charge in [0.2, 0.25) is 0 Å². The quantitative estimate of drug-likeness (QED) is 0.0381. The second-order valence-corrected chi connectivity index (χ2v) is 16.9. The standard InChI is InChI=1S/C51H98N2O2/c1-7-13-17-19-23-31-40-51(41-32-24-20-18-14-8-2)55-50(12-6)39-30-26-22-28-34-45-53(46-35-43-52)44-33-27-21-25-29-38-49(11-5)54-47-42-48(36-15-9-3)37-16-10-4/h48,51H,5-10,13-47,52H2,1-4H3. The molecule has 0 rings (SSSR count). The van der Waals surface area contributed by atoms with E-state index in [1.165, 1.54) is 212 Å². The van der Waals surface area contributed by atoms with Crippen molar-refractivity contribution in [2.24, 2.45) is 11.7 Å². The summed E-state index contributed by atoms with van der Waals surface area (Å²) in [6, 6.07) is 0. The Labute approximate surface area is 346 Å². The van der Waals surface area contributed by atoms with Crippen LogP contribution in [0.1, 0.15) is 246 Å². The van der Waals surface area contributed by atoms with Gasteiger partial charge in [-0.05, 0) is 96.3 Å². The minimum atomic E-state index is 0.348. The second kappa shape index (κ2) is 43.7. The Morgan fingerprint density at radius 3 is 1.36 bits per heavy atom. The molecule has 0 unspecified atom stereocenters. The molecule has 0 aromatic rings. The first-order valence-electron chi connectivity index (χ1n) is 24.6. The molecular weight excluding hydrogens is 673 g/mol. The summed E-state index contributed by atoms with van der Waals surface area (Å²) >= 11 is 0. The van der Waals surface area contributed by atoms with Crippen molar-refractivity contribution in [3.63, 3.8) is 0 Å². The highest BCUT2D eigenvalue weighted by Gasteiger charge is 2.13. The summed E-state index contributed by atoms with van der Waals surface area (Å²) in [6.07, 6.45) is 43.8. The van der Waals surface area contributed by atoms with Crippen LogP contribution in [0.5, 0.6) is 0 Å². The van der Waals surface area contributed by atoms with E-state index in [-0.39, 0.29) is 0 Å². The molecule has 0 aromatic carbocycles. The first-order chi connectivity index (χ1) is 27.1. The minimum absolute atomic E-state index is 0.348. The number of allylic oxidation sites excluding steroid dienone is 2. The molecule has 0 aliphatic heterocycles. The Bertz CT molecular complexity index is 865. The van der Waals surface area contributed by atoms with E-state index in [9.17, 15) is 0 Å². The van der Waals surface area contributed by atoms with Crippen LogP contribution in [0.4, 0.5) is 0 Å². The van der Waals surface area contributed by atoms with E-state index in [0.29, 0.717) is 6.10 Å². The molecule has 4 heteroatoms. The molecule has 0 aromatic heterocycles. The third-order valence-electron chi connectivity index (χ3n) is 11.6. The zero-order valence-electron chi connectivity index (χ0n) is 38.0. The number of hydrogen-bond acceptors (Lipinski definition) is 4. The SMILES string of the molecule is C=C=C(CCCCCCCN(CCCN)CCCCCCCC(=C=C)OC(CCCCCCCC)CCCCCCCC)OCCC(CCCC)CCCC. The van der Waals surface area contributed by atoms with E-state index in [0.717, 1.165) is 56.4 Å². The van der Waals surface area contributed by atoms with Gasteiger partial charge < -0.3 is 20.1 Å². The number of nitrogens with zero attached hydrogens (tertiary/aromatic N) is 1. The van der Waals surface area contributed by atoms with Gasteiger partial charge in [-0.2, -0.15) is 0 Å². The molecule has 0 amide bonds. The third-order valence-corrected chi connectivity index (χ3v) is 11.6. The first kappa shape index (κ1) is 53.6. The lowest BCUT2D eigenvalue weighted by molar-refractivity contribution is 0.0890. The van der Waals surface area contributed by atoms with E-state index in [2.05, 4.69) is 57.2 Å². The summed E-state index contributed by atoms with van der Waals surface area (Å²) in [5, 5.41) is 0. The van der Waals surface area contributed by atoms with Gasteiger partial charge in [0.25, 0.3) is 0 Å². The van der Waals surface area contributed by atoms with Gasteiger partial charge in [-0.1, -0.05) is 194 Å². The van der Waals surface area contributed by atoms with Gasteiger partial charge in [0.05, 0.1) is 12.7 Å². The summed E-state index contributed by atoms with van der Waals surface area (Å²) < 4.78 is 12.7. The van der Waals surface area contributed by atoms with E-state index in [1.807, 2.05) is 0 Å². The molecule has 0 aliphatic carbocycles. The molecule has 0 aliphatic rings. The number of ether oxygens (including phenoxy) is 2. The number of rotatable bonds is 45. The van der Waals surface area contributed by atoms with Crippen molar-refractivity contribution in [3.05, 3.63) is 36.1 Å². The summed E-state index contributed by atoms with van der Waals surface area (Å²) in [7, 11) is 0. The number of unbranched alkanes of at least 4 members (excludes halogenated alkanes) is 20. The monoisotopic (exact) mass is 771 g/mol. The highest BCUT2D eigenvalue weighted by molar-refractivity contribution is 4.90. The maximum Gasteiger partial charge on any atom is 0.138 e. The average Bonchev–Trinajstić information content (AvgIpc) is 3.20. The van der Waals surface area contributed by atoms with Crippen molar-refractivity contribution in [1.29, 1.82) is 0 Å². The Balaban J connectivity index is 4.30. The first-order valence-corrected chi connectivity index (χ1v) is 24.6. The predicted molar refractivity (Wildman–Crippen MR) is 245 cm³/mol. The smallest absolute Gasteiger partial charge is 0.138 e. The molecule has 55 heavy (non-hydrogen) atoms. The Hall–Kier alpha value is -1.44. The summed E-state index contributed by atoms with van der Waals surface area (Å²) in [6.45, 7) is 22.3. The fourth-order valence-corrected chi connectivity index (χ4v) is 7.89. The highest BCUT2D eigenvalue weighted by atomic mass is 16.5. The van der Waals surface area contributed by atoms with Gasteiger partial charge in [-0.25, -0.2) is 0 Å². The lowest BCUT2D eigenvalue weighted by Crippen LogP contribution is -2.28. The fraction of sp³-hybridized carbons (Fsp3) is 0.882. The molecule has 0 heterocycles. The van der Waals surface area contributed by atoms with Crippen molar-refractivity contribution < 1.29 is 9.47 Å². The van der Waals surface area contributed by atoms with Gasteiger partial charge in [0, 0.05) is 12.8 Å². The molecule has 0 fully saturated rings. The van der Waals surface area contributed by atoms with Gasteiger partial charge in [0.15, 0.2) is 0 Å². The molecule has 0 radical (unpaired) electrons. The minimum Gasteiger partial charge on any atom is -0.490 e. The zero-order valence-corrected chi connectivity index (χ0v) is 38.0. The van der Waals surface area contributed by atoms with Crippen LogP contribution in [0.15, 0.2) is 36.1 Å². The van der Waals surface area contributed by atoms with E-state index in [1.54, 1.807) is 0 Å². The lowest BCUT2D eigenvalue weighted by atomic mass is 9.93. The largest absolute Gasteiger partial charge is 0.490 e.